The maximum absolute atomic E-state index is 12.1. The molecule has 0 atom stereocenters. The van der Waals surface area contributed by atoms with Crippen molar-refractivity contribution in [1.29, 1.82) is 0 Å². The number of hydrazone groups is 1. The van der Waals surface area contributed by atoms with Crippen molar-refractivity contribution < 1.29 is 9.53 Å². The van der Waals surface area contributed by atoms with Gasteiger partial charge in [-0.15, -0.1) is 0 Å². The smallest absolute Gasteiger partial charge is 0.277 e. The molecule has 130 valence electrons. The van der Waals surface area contributed by atoms with Gasteiger partial charge in [-0.2, -0.15) is 5.10 Å². The van der Waals surface area contributed by atoms with E-state index in [4.69, 9.17) is 4.74 Å². The number of carbonyl (C=O) groups is 1. The fraction of sp³-hybridized carbons (Fsp3) is 0.0909. The molecule has 4 nitrogen and oxygen atoms in total. The second kappa shape index (κ2) is 8.62. The highest BCUT2D eigenvalue weighted by Gasteiger charge is 2.08. The second-order valence-electron chi connectivity index (χ2n) is 5.75. The molecule has 0 aliphatic heterocycles. The standard InChI is InChI=1S/C22H20N2O2/c1-17(18-10-4-2-5-11-18)23-24-22(25)16-26-21-15-9-8-14-20(21)19-12-6-3-7-13-19/h2-15H,16H2,1H3,(H,24,25). The highest BCUT2D eigenvalue weighted by Crippen LogP contribution is 2.29. The van der Waals surface area contributed by atoms with Crippen LogP contribution in [0.5, 0.6) is 5.75 Å². The highest BCUT2D eigenvalue weighted by molar-refractivity contribution is 5.99. The first-order valence-corrected chi connectivity index (χ1v) is 8.40. The third kappa shape index (κ3) is 4.57. The topological polar surface area (TPSA) is 50.7 Å². The number of rotatable bonds is 6. The normalized spacial score (nSPS) is 11.0. The summed E-state index contributed by atoms with van der Waals surface area (Å²) >= 11 is 0. The van der Waals surface area contributed by atoms with Crippen LogP contribution in [-0.4, -0.2) is 18.2 Å². The lowest BCUT2D eigenvalue weighted by atomic mass is 10.1. The number of benzene rings is 3. The Balaban J connectivity index is 1.62. The minimum atomic E-state index is -0.303. The highest BCUT2D eigenvalue weighted by atomic mass is 16.5. The van der Waals surface area contributed by atoms with Gasteiger partial charge < -0.3 is 4.74 Å². The van der Waals surface area contributed by atoms with Crippen molar-refractivity contribution in [3.8, 4) is 16.9 Å². The van der Waals surface area contributed by atoms with Gasteiger partial charge >= 0.3 is 0 Å². The summed E-state index contributed by atoms with van der Waals surface area (Å²) < 4.78 is 5.71. The fourth-order valence-electron chi connectivity index (χ4n) is 2.51. The number of hydrogen-bond donors (Lipinski definition) is 1. The Labute approximate surface area is 153 Å². The van der Waals surface area contributed by atoms with Crippen molar-refractivity contribution in [3.63, 3.8) is 0 Å². The molecule has 0 saturated heterocycles. The SMILES string of the molecule is CC(=NNC(=O)COc1ccccc1-c1ccccc1)c1ccccc1. The Hall–Kier alpha value is -3.40. The largest absolute Gasteiger partial charge is 0.483 e. The first-order chi connectivity index (χ1) is 12.7. The summed E-state index contributed by atoms with van der Waals surface area (Å²) in [4.78, 5) is 12.1. The van der Waals surface area contributed by atoms with Gasteiger partial charge in [0.15, 0.2) is 6.61 Å². The van der Waals surface area contributed by atoms with Crippen molar-refractivity contribution in [2.45, 2.75) is 6.92 Å². The molecule has 4 heteroatoms. The number of nitrogens with one attached hydrogen (secondary N) is 1. The molecule has 1 amide bonds. The van der Waals surface area contributed by atoms with Crippen molar-refractivity contribution in [2.24, 2.45) is 5.10 Å². The van der Waals surface area contributed by atoms with E-state index >= 15 is 0 Å². The lowest BCUT2D eigenvalue weighted by Crippen LogP contribution is -2.25. The molecule has 0 fully saturated rings. The van der Waals surface area contributed by atoms with E-state index in [1.807, 2.05) is 91.9 Å². The molecule has 0 saturated carbocycles. The maximum Gasteiger partial charge on any atom is 0.277 e. The lowest BCUT2D eigenvalue weighted by molar-refractivity contribution is -0.123. The summed E-state index contributed by atoms with van der Waals surface area (Å²) in [6, 6.07) is 27.3. The molecule has 0 bridgehead atoms. The van der Waals surface area contributed by atoms with Crippen molar-refractivity contribution >= 4 is 11.6 Å². The van der Waals surface area contributed by atoms with E-state index in [9.17, 15) is 4.79 Å². The monoisotopic (exact) mass is 344 g/mol. The third-order valence-electron chi connectivity index (χ3n) is 3.87. The first kappa shape index (κ1) is 17.4. The van der Waals surface area contributed by atoms with Gasteiger partial charge in [0, 0.05) is 5.56 Å². The molecule has 0 spiro atoms. The van der Waals surface area contributed by atoms with E-state index in [-0.39, 0.29) is 12.5 Å². The van der Waals surface area contributed by atoms with Crippen LogP contribution in [-0.2, 0) is 4.79 Å². The van der Waals surface area contributed by atoms with Crippen LogP contribution in [0.25, 0.3) is 11.1 Å². The molecule has 3 aromatic rings. The molecule has 0 radical (unpaired) electrons. The number of hydrogen-bond acceptors (Lipinski definition) is 3. The number of ether oxygens (including phenoxy) is 1. The van der Waals surface area contributed by atoms with Crippen molar-refractivity contribution in [2.75, 3.05) is 6.61 Å². The third-order valence-corrected chi connectivity index (χ3v) is 3.87. The number of nitrogens with zero attached hydrogens (tertiary/aromatic N) is 1. The Morgan fingerprint density at radius 3 is 2.23 bits per heavy atom. The summed E-state index contributed by atoms with van der Waals surface area (Å²) in [6.07, 6.45) is 0. The van der Waals surface area contributed by atoms with Crippen LogP contribution >= 0.6 is 0 Å². The molecule has 0 aromatic heterocycles. The molecule has 0 aliphatic carbocycles. The molecule has 3 rings (SSSR count). The second-order valence-corrected chi connectivity index (χ2v) is 5.75. The number of carbonyl (C=O) groups excluding carboxylic acids is 1. The van der Waals surface area contributed by atoms with Crippen LogP contribution < -0.4 is 10.2 Å². The summed E-state index contributed by atoms with van der Waals surface area (Å²) in [5.74, 6) is 0.362. The van der Waals surface area contributed by atoms with Crippen molar-refractivity contribution in [3.05, 3.63) is 90.5 Å². The Morgan fingerprint density at radius 2 is 1.50 bits per heavy atom. The molecule has 1 N–H and O–H groups in total. The first-order valence-electron chi connectivity index (χ1n) is 8.40. The Morgan fingerprint density at radius 1 is 0.885 bits per heavy atom. The average Bonchev–Trinajstić information content (AvgIpc) is 2.72. The van der Waals surface area contributed by atoms with Crippen LogP contribution in [0.15, 0.2) is 90.0 Å². The Kier molecular flexibility index (Phi) is 5.78. The summed E-state index contributed by atoms with van der Waals surface area (Å²) in [5, 5.41) is 4.12. The quantitative estimate of drug-likeness (QED) is 0.536. The zero-order valence-electron chi connectivity index (χ0n) is 14.6. The van der Waals surface area contributed by atoms with Gasteiger partial charge in [0.1, 0.15) is 5.75 Å². The molecule has 26 heavy (non-hydrogen) atoms. The predicted molar refractivity (Wildman–Crippen MR) is 104 cm³/mol. The number of para-hydroxylation sites is 1. The lowest BCUT2D eigenvalue weighted by Gasteiger charge is -2.11. The predicted octanol–water partition coefficient (Wildman–Crippen LogP) is 4.27. The van der Waals surface area contributed by atoms with Gasteiger partial charge in [-0.1, -0.05) is 78.9 Å². The van der Waals surface area contributed by atoms with E-state index in [1.54, 1.807) is 0 Å². The van der Waals surface area contributed by atoms with Crippen LogP contribution in [0.4, 0.5) is 0 Å². The van der Waals surface area contributed by atoms with E-state index < -0.39 is 0 Å². The van der Waals surface area contributed by atoms with Crippen molar-refractivity contribution in [1.82, 2.24) is 5.43 Å². The van der Waals surface area contributed by atoms with E-state index in [2.05, 4.69) is 10.5 Å². The Bertz CT molecular complexity index is 890. The van der Waals surface area contributed by atoms with E-state index in [1.165, 1.54) is 0 Å². The van der Waals surface area contributed by atoms with Gasteiger partial charge in [0.05, 0.1) is 5.71 Å². The zero-order chi connectivity index (χ0) is 18.2. The molecule has 0 unspecified atom stereocenters. The molecule has 0 heterocycles. The number of amides is 1. The van der Waals surface area contributed by atoms with Gasteiger partial charge in [-0.25, -0.2) is 5.43 Å². The van der Waals surface area contributed by atoms with Gasteiger partial charge in [-0.05, 0) is 24.1 Å². The fourth-order valence-corrected chi connectivity index (χ4v) is 2.51. The summed E-state index contributed by atoms with van der Waals surface area (Å²) in [7, 11) is 0. The van der Waals surface area contributed by atoms with Gasteiger partial charge in [0.2, 0.25) is 0 Å². The molecular formula is C22H20N2O2. The minimum Gasteiger partial charge on any atom is -0.483 e. The average molecular weight is 344 g/mol. The van der Waals surface area contributed by atoms with Crippen LogP contribution in [0.3, 0.4) is 0 Å². The summed E-state index contributed by atoms with van der Waals surface area (Å²) in [6.45, 7) is 1.75. The summed E-state index contributed by atoms with van der Waals surface area (Å²) in [5.41, 5.74) is 6.23. The molecule has 3 aromatic carbocycles. The van der Waals surface area contributed by atoms with E-state index in [0.29, 0.717) is 5.75 Å². The van der Waals surface area contributed by atoms with Crippen LogP contribution in [0, 0.1) is 0 Å². The zero-order valence-corrected chi connectivity index (χ0v) is 14.6. The van der Waals surface area contributed by atoms with E-state index in [0.717, 1.165) is 22.4 Å². The van der Waals surface area contributed by atoms with Gasteiger partial charge in [-0.3, -0.25) is 4.79 Å². The van der Waals surface area contributed by atoms with Gasteiger partial charge in [0.25, 0.3) is 5.91 Å². The molecular weight excluding hydrogens is 324 g/mol. The maximum atomic E-state index is 12.1. The van der Waals surface area contributed by atoms with Crippen LogP contribution in [0.2, 0.25) is 0 Å². The minimum absolute atomic E-state index is 0.102. The molecule has 0 aliphatic rings. The van der Waals surface area contributed by atoms with Crippen LogP contribution in [0.1, 0.15) is 12.5 Å².